The molecule has 0 bridgehead atoms. The van der Waals surface area contributed by atoms with Crippen molar-refractivity contribution in [2.75, 3.05) is 27.2 Å². The van der Waals surface area contributed by atoms with Crippen molar-refractivity contribution in [3.8, 4) is 0 Å². The van der Waals surface area contributed by atoms with Crippen LogP contribution in [0.25, 0.3) is 0 Å². The van der Waals surface area contributed by atoms with E-state index in [2.05, 4.69) is 0 Å². The number of rotatable bonds is 4. The van der Waals surface area contributed by atoms with Crippen molar-refractivity contribution in [1.82, 2.24) is 9.21 Å². The van der Waals surface area contributed by atoms with Gasteiger partial charge in [0.25, 0.3) is 15.9 Å². The predicted molar refractivity (Wildman–Crippen MR) is 75.8 cm³/mol. The van der Waals surface area contributed by atoms with E-state index in [1.807, 2.05) is 0 Å². The second kappa shape index (κ2) is 6.09. The molecule has 1 aliphatic rings. The van der Waals surface area contributed by atoms with Crippen molar-refractivity contribution in [3.05, 3.63) is 17.9 Å². The van der Waals surface area contributed by atoms with Crippen LogP contribution in [0.3, 0.4) is 0 Å². The van der Waals surface area contributed by atoms with Crippen LogP contribution in [0, 0.1) is 5.92 Å². The summed E-state index contributed by atoms with van der Waals surface area (Å²) in [5.74, 6) is -2.14. The molecule has 1 aromatic rings. The summed E-state index contributed by atoms with van der Waals surface area (Å²) in [7, 11) is -1.02. The van der Waals surface area contributed by atoms with Gasteiger partial charge in [0.1, 0.15) is 0 Å². The number of likely N-dealkylation sites (tertiary alicyclic amines) is 1. The van der Waals surface area contributed by atoms with Crippen LogP contribution < -0.4 is 0 Å². The van der Waals surface area contributed by atoms with Gasteiger partial charge in [-0.2, -0.15) is 0 Å². The first-order valence-electron chi connectivity index (χ1n) is 6.78. The molecule has 1 atom stereocenters. The highest BCUT2D eigenvalue weighted by Crippen LogP contribution is 2.22. The van der Waals surface area contributed by atoms with Gasteiger partial charge in [-0.05, 0) is 25.0 Å². The lowest BCUT2D eigenvalue weighted by molar-refractivity contribution is -0.143. The lowest BCUT2D eigenvalue weighted by Gasteiger charge is -2.29. The lowest BCUT2D eigenvalue weighted by atomic mass is 9.98. The number of hydrogen-bond donors (Lipinski definition) is 1. The van der Waals surface area contributed by atoms with E-state index in [0.717, 1.165) is 4.31 Å². The highest BCUT2D eigenvalue weighted by molar-refractivity contribution is 7.88. The van der Waals surface area contributed by atoms with E-state index in [-0.39, 0.29) is 17.4 Å². The largest absolute Gasteiger partial charge is 0.481 e. The monoisotopic (exact) mass is 330 g/mol. The summed E-state index contributed by atoms with van der Waals surface area (Å²) < 4.78 is 30.0. The number of carbonyl (C=O) groups excluding carboxylic acids is 1. The molecule has 122 valence electrons. The quantitative estimate of drug-likeness (QED) is 0.859. The fourth-order valence-electron chi connectivity index (χ4n) is 2.27. The van der Waals surface area contributed by atoms with Crippen LogP contribution >= 0.6 is 0 Å². The Labute approximate surface area is 128 Å². The topological polar surface area (TPSA) is 108 Å². The SMILES string of the molecule is CN(C)S(=O)(=O)c1ccc(C(=O)N2CCC[C@H](C(=O)O)C2)o1. The van der Waals surface area contributed by atoms with Crippen LogP contribution in [0.2, 0.25) is 0 Å². The van der Waals surface area contributed by atoms with Crippen molar-refractivity contribution >= 4 is 21.9 Å². The number of amides is 1. The average molecular weight is 330 g/mol. The number of hydrogen-bond acceptors (Lipinski definition) is 5. The van der Waals surface area contributed by atoms with Gasteiger partial charge < -0.3 is 14.4 Å². The molecule has 1 fully saturated rings. The van der Waals surface area contributed by atoms with Crippen LogP contribution in [0.4, 0.5) is 0 Å². The van der Waals surface area contributed by atoms with Gasteiger partial charge in [-0.15, -0.1) is 0 Å². The van der Waals surface area contributed by atoms with Gasteiger partial charge in [-0.25, -0.2) is 12.7 Å². The molecule has 1 N–H and O–H groups in total. The molecule has 2 heterocycles. The van der Waals surface area contributed by atoms with E-state index in [4.69, 9.17) is 9.52 Å². The molecule has 2 rings (SSSR count). The molecular formula is C13H18N2O6S. The number of aliphatic carboxylic acids is 1. The summed E-state index contributed by atoms with van der Waals surface area (Å²) in [6, 6.07) is 2.52. The Bertz CT molecular complexity index is 678. The van der Waals surface area contributed by atoms with Crippen molar-refractivity contribution in [3.63, 3.8) is 0 Å². The Balaban J connectivity index is 2.17. The van der Waals surface area contributed by atoms with Crippen molar-refractivity contribution < 1.29 is 27.5 Å². The second-order valence-corrected chi connectivity index (χ2v) is 7.42. The minimum absolute atomic E-state index is 0.102. The predicted octanol–water partition coefficient (Wildman–Crippen LogP) is 0.467. The molecule has 0 aromatic carbocycles. The third-order valence-corrected chi connectivity index (χ3v) is 5.27. The zero-order valence-corrected chi connectivity index (χ0v) is 13.2. The molecule has 1 aliphatic heterocycles. The Morgan fingerprint density at radius 3 is 2.64 bits per heavy atom. The van der Waals surface area contributed by atoms with E-state index < -0.39 is 27.8 Å². The van der Waals surface area contributed by atoms with Crippen molar-refractivity contribution in [1.29, 1.82) is 0 Å². The Hall–Kier alpha value is -1.87. The zero-order valence-electron chi connectivity index (χ0n) is 12.4. The Kier molecular flexibility index (Phi) is 4.57. The lowest BCUT2D eigenvalue weighted by Crippen LogP contribution is -2.42. The number of piperidine rings is 1. The molecule has 0 unspecified atom stereocenters. The molecule has 1 saturated heterocycles. The highest BCUT2D eigenvalue weighted by atomic mass is 32.2. The Morgan fingerprint density at radius 1 is 1.36 bits per heavy atom. The van der Waals surface area contributed by atoms with E-state index in [9.17, 15) is 18.0 Å². The van der Waals surface area contributed by atoms with E-state index in [1.165, 1.54) is 31.1 Å². The first-order valence-corrected chi connectivity index (χ1v) is 8.22. The molecule has 0 saturated carbocycles. The van der Waals surface area contributed by atoms with Crippen LogP contribution in [0.5, 0.6) is 0 Å². The first-order chi connectivity index (χ1) is 10.2. The van der Waals surface area contributed by atoms with E-state index in [1.54, 1.807) is 0 Å². The molecule has 9 heteroatoms. The summed E-state index contributed by atoms with van der Waals surface area (Å²) in [5, 5.41) is 8.72. The fourth-order valence-corrected chi connectivity index (χ4v) is 3.07. The second-order valence-electron chi connectivity index (χ2n) is 5.33. The third-order valence-electron chi connectivity index (χ3n) is 3.58. The Morgan fingerprint density at radius 2 is 2.05 bits per heavy atom. The maximum absolute atomic E-state index is 12.3. The van der Waals surface area contributed by atoms with Gasteiger partial charge in [0.2, 0.25) is 5.09 Å². The summed E-state index contributed by atoms with van der Waals surface area (Å²) in [5.41, 5.74) is 0. The smallest absolute Gasteiger partial charge is 0.308 e. The van der Waals surface area contributed by atoms with Gasteiger partial charge >= 0.3 is 5.97 Å². The molecule has 1 amide bonds. The number of nitrogens with zero attached hydrogens (tertiary/aromatic N) is 2. The van der Waals surface area contributed by atoms with Crippen LogP contribution in [0.1, 0.15) is 23.4 Å². The van der Waals surface area contributed by atoms with Crippen molar-refractivity contribution in [2.24, 2.45) is 5.92 Å². The number of sulfonamides is 1. The van der Waals surface area contributed by atoms with Crippen LogP contribution in [0.15, 0.2) is 21.6 Å². The fraction of sp³-hybridized carbons (Fsp3) is 0.538. The van der Waals surface area contributed by atoms with Crippen LogP contribution in [-0.4, -0.2) is 61.8 Å². The minimum Gasteiger partial charge on any atom is -0.481 e. The molecule has 0 spiro atoms. The molecule has 8 nitrogen and oxygen atoms in total. The molecule has 22 heavy (non-hydrogen) atoms. The number of carboxylic acid groups (broad SMARTS) is 1. The maximum Gasteiger partial charge on any atom is 0.308 e. The van der Waals surface area contributed by atoms with Gasteiger partial charge in [0.05, 0.1) is 5.92 Å². The van der Waals surface area contributed by atoms with Crippen molar-refractivity contribution in [2.45, 2.75) is 17.9 Å². The van der Waals surface area contributed by atoms with Gasteiger partial charge in [0.15, 0.2) is 5.76 Å². The zero-order chi connectivity index (χ0) is 16.5. The standard InChI is InChI=1S/C13H18N2O6S/c1-14(2)22(19,20)11-6-5-10(21-11)12(16)15-7-3-4-9(8-15)13(17)18/h5-6,9H,3-4,7-8H2,1-2H3,(H,17,18)/t9-/m0/s1. The maximum atomic E-state index is 12.3. The van der Waals surface area contributed by atoms with E-state index >= 15 is 0 Å². The molecular weight excluding hydrogens is 312 g/mol. The number of carboxylic acids is 1. The summed E-state index contributed by atoms with van der Waals surface area (Å²) in [6.07, 6.45) is 1.11. The van der Waals surface area contributed by atoms with Gasteiger partial charge in [-0.1, -0.05) is 0 Å². The highest BCUT2D eigenvalue weighted by Gasteiger charge is 2.31. The third kappa shape index (κ3) is 3.14. The van der Waals surface area contributed by atoms with Gasteiger partial charge in [-0.3, -0.25) is 9.59 Å². The minimum atomic E-state index is -3.74. The van der Waals surface area contributed by atoms with Crippen LogP contribution in [-0.2, 0) is 14.8 Å². The molecule has 1 aromatic heterocycles. The average Bonchev–Trinajstić information content (AvgIpc) is 2.96. The summed E-state index contributed by atoms with van der Waals surface area (Å²) >= 11 is 0. The number of furan rings is 1. The molecule has 0 radical (unpaired) electrons. The summed E-state index contributed by atoms with van der Waals surface area (Å²) in [4.78, 5) is 24.7. The van der Waals surface area contributed by atoms with Gasteiger partial charge in [0, 0.05) is 27.2 Å². The van der Waals surface area contributed by atoms with E-state index in [0.29, 0.717) is 19.4 Å². The summed E-state index contributed by atoms with van der Waals surface area (Å²) in [6.45, 7) is 0.531. The molecule has 0 aliphatic carbocycles. The number of carbonyl (C=O) groups is 2. The first kappa shape index (κ1) is 16.5. The normalized spacial score (nSPS) is 19.4.